The number of nitrogens with zero attached hydrogens (tertiary/aromatic N) is 2. The molecule has 2 aliphatic heterocycles. The Morgan fingerprint density at radius 3 is 2.58 bits per heavy atom. The summed E-state index contributed by atoms with van der Waals surface area (Å²) < 4.78 is 5.34. The third-order valence-electron chi connectivity index (χ3n) is 4.51. The fourth-order valence-electron chi connectivity index (χ4n) is 3.13. The van der Waals surface area contributed by atoms with Crippen molar-refractivity contribution in [3.8, 4) is 0 Å². The zero-order chi connectivity index (χ0) is 18.5. The van der Waals surface area contributed by atoms with E-state index in [2.05, 4.69) is 15.5 Å². The van der Waals surface area contributed by atoms with Gasteiger partial charge in [-0.2, -0.15) is 0 Å². The van der Waals surface area contributed by atoms with Crippen LogP contribution >= 0.6 is 0 Å². The van der Waals surface area contributed by atoms with Crippen LogP contribution in [-0.4, -0.2) is 61.6 Å². The van der Waals surface area contributed by atoms with E-state index in [1.165, 1.54) is 0 Å². The minimum Gasteiger partial charge on any atom is -0.378 e. The van der Waals surface area contributed by atoms with Crippen LogP contribution in [-0.2, 0) is 14.3 Å². The zero-order valence-corrected chi connectivity index (χ0v) is 14.9. The van der Waals surface area contributed by atoms with Crippen molar-refractivity contribution in [3.63, 3.8) is 0 Å². The van der Waals surface area contributed by atoms with E-state index in [1.54, 1.807) is 0 Å². The normalized spacial score (nSPS) is 20.3. The van der Waals surface area contributed by atoms with Gasteiger partial charge in [0, 0.05) is 24.5 Å². The summed E-state index contributed by atoms with van der Waals surface area (Å²) in [5.74, 6) is -0.737. The average Bonchev–Trinajstić information content (AvgIpc) is 2.91. The van der Waals surface area contributed by atoms with E-state index < -0.39 is 18.0 Å². The van der Waals surface area contributed by atoms with Gasteiger partial charge in [0.05, 0.1) is 13.2 Å². The van der Waals surface area contributed by atoms with Gasteiger partial charge in [-0.15, -0.1) is 0 Å². The van der Waals surface area contributed by atoms with Crippen molar-refractivity contribution in [1.29, 1.82) is 0 Å². The lowest BCUT2D eigenvalue weighted by molar-refractivity contribution is -0.130. The summed E-state index contributed by atoms with van der Waals surface area (Å²) in [6.07, 6.45) is 1.36. The molecule has 8 heteroatoms. The molecule has 26 heavy (non-hydrogen) atoms. The van der Waals surface area contributed by atoms with Crippen LogP contribution < -0.4 is 15.5 Å². The van der Waals surface area contributed by atoms with Crippen LogP contribution in [0.15, 0.2) is 24.3 Å². The maximum atomic E-state index is 12.2. The third-order valence-corrected chi connectivity index (χ3v) is 4.51. The van der Waals surface area contributed by atoms with Crippen LogP contribution in [0.2, 0.25) is 0 Å². The fraction of sp³-hybridized carbons (Fsp3) is 0.500. The van der Waals surface area contributed by atoms with Crippen molar-refractivity contribution in [2.24, 2.45) is 0 Å². The largest absolute Gasteiger partial charge is 0.378 e. The summed E-state index contributed by atoms with van der Waals surface area (Å²) in [6.45, 7) is 4.77. The molecule has 1 atom stereocenters. The van der Waals surface area contributed by atoms with Crippen molar-refractivity contribution in [3.05, 3.63) is 24.3 Å². The number of hydrogen-bond donors (Lipinski definition) is 2. The highest BCUT2D eigenvalue weighted by atomic mass is 16.5. The molecule has 0 aromatic heterocycles. The Kier molecular flexibility index (Phi) is 5.72. The quantitative estimate of drug-likeness (QED) is 0.744. The molecule has 0 aliphatic carbocycles. The van der Waals surface area contributed by atoms with Crippen LogP contribution in [0.1, 0.15) is 19.8 Å². The second-order valence-electron chi connectivity index (χ2n) is 6.41. The van der Waals surface area contributed by atoms with Gasteiger partial charge in [-0.3, -0.25) is 14.5 Å². The topological polar surface area (TPSA) is 91.0 Å². The number of benzene rings is 1. The standard InChI is InChI=1S/C18H24N4O4/c1-2-3-15-17(24)22(18(25)20-15)12-16(23)19-13-4-6-14(7-5-13)21-8-10-26-11-9-21/h4-7,15H,2-3,8-12H2,1H3,(H,19,23)(H,20,25). The molecule has 0 saturated carbocycles. The molecule has 2 saturated heterocycles. The lowest BCUT2D eigenvalue weighted by Crippen LogP contribution is -2.38. The molecule has 2 heterocycles. The average molecular weight is 360 g/mol. The molecule has 1 aromatic rings. The van der Waals surface area contributed by atoms with Crippen LogP contribution in [0.5, 0.6) is 0 Å². The first kappa shape index (κ1) is 18.2. The molecule has 0 bridgehead atoms. The van der Waals surface area contributed by atoms with E-state index in [0.29, 0.717) is 25.3 Å². The number of carbonyl (C=O) groups excluding carboxylic acids is 3. The van der Waals surface area contributed by atoms with Gasteiger partial charge in [0.15, 0.2) is 0 Å². The van der Waals surface area contributed by atoms with Crippen LogP contribution in [0.25, 0.3) is 0 Å². The zero-order valence-electron chi connectivity index (χ0n) is 14.9. The summed E-state index contributed by atoms with van der Waals surface area (Å²) in [5, 5.41) is 5.34. The Labute approximate surface area is 152 Å². The fourth-order valence-corrected chi connectivity index (χ4v) is 3.13. The van der Waals surface area contributed by atoms with Gasteiger partial charge in [0.25, 0.3) is 5.91 Å². The van der Waals surface area contributed by atoms with E-state index in [4.69, 9.17) is 4.74 Å². The van der Waals surface area contributed by atoms with Crippen molar-refractivity contribution in [2.75, 3.05) is 43.1 Å². The van der Waals surface area contributed by atoms with E-state index in [9.17, 15) is 14.4 Å². The molecule has 0 radical (unpaired) electrons. The molecule has 8 nitrogen and oxygen atoms in total. The molecule has 3 rings (SSSR count). The highest BCUT2D eigenvalue weighted by molar-refractivity contribution is 6.07. The molecule has 0 spiro atoms. The van der Waals surface area contributed by atoms with Crippen molar-refractivity contribution >= 4 is 29.2 Å². The van der Waals surface area contributed by atoms with Crippen molar-refractivity contribution < 1.29 is 19.1 Å². The number of nitrogens with one attached hydrogen (secondary N) is 2. The second-order valence-corrected chi connectivity index (χ2v) is 6.41. The molecular weight excluding hydrogens is 336 g/mol. The minimum atomic E-state index is -0.520. The molecule has 2 aliphatic rings. The summed E-state index contributed by atoms with van der Waals surface area (Å²) in [7, 11) is 0. The summed E-state index contributed by atoms with van der Waals surface area (Å²) in [4.78, 5) is 39.4. The van der Waals surface area contributed by atoms with Crippen LogP contribution in [0.4, 0.5) is 16.2 Å². The lowest BCUT2D eigenvalue weighted by atomic mass is 10.2. The number of carbonyl (C=O) groups is 3. The molecule has 1 aromatic carbocycles. The minimum absolute atomic E-state index is 0.282. The number of urea groups is 1. The van der Waals surface area contributed by atoms with E-state index in [0.717, 1.165) is 30.1 Å². The molecule has 4 amide bonds. The summed E-state index contributed by atoms with van der Waals surface area (Å²) >= 11 is 0. The Hall–Kier alpha value is -2.61. The SMILES string of the molecule is CCCC1NC(=O)N(CC(=O)Nc2ccc(N3CCOCC3)cc2)C1=O. The first-order valence-electron chi connectivity index (χ1n) is 8.93. The van der Waals surface area contributed by atoms with Crippen molar-refractivity contribution in [2.45, 2.75) is 25.8 Å². The number of hydrogen-bond acceptors (Lipinski definition) is 5. The lowest BCUT2D eigenvalue weighted by Gasteiger charge is -2.28. The van der Waals surface area contributed by atoms with Gasteiger partial charge in [0.1, 0.15) is 12.6 Å². The van der Waals surface area contributed by atoms with Gasteiger partial charge in [-0.25, -0.2) is 4.79 Å². The Morgan fingerprint density at radius 2 is 1.92 bits per heavy atom. The Bertz CT molecular complexity index is 670. The third kappa shape index (κ3) is 4.13. The van der Waals surface area contributed by atoms with Crippen LogP contribution in [0, 0.1) is 0 Å². The molecule has 2 fully saturated rings. The Balaban J connectivity index is 1.54. The first-order chi connectivity index (χ1) is 12.6. The van der Waals surface area contributed by atoms with Gasteiger partial charge < -0.3 is 20.3 Å². The predicted octanol–water partition coefficient (Wildman–Crippen LogP) is 1.18. The monoisotopic (exact) mass is 360 g/mol. The van der Waals surface area contributed by atoms with Crippen LogP contribution in [0.3, 0.4) is 0 Å². The van der Waals surface area contributed by atoms with E-state index in [-0.39, 0.29) is 12.5 Å². The van der Waals surface area contributed by atoms with Gasteiger partial charge in [-0.1, -0.05) is 13.3 Å². The summed E-state index contributed by atoms with van der Waals surface area (Å²) in [6, 6.07) is 6.47. The highest BCUT2D eigenvalue weighted by Crippen LogP contribution is 2.19. The molecule has 140 valence electrons. The number of anilines is 2. The number of amides is 4. The number of rotatable bonds is 6. The Morgan fingerprint density at radius 1 is 1.23 bits per heavy atom. The highest BCUT2D eigenvalue weighted by Gasteiger charge is 2.38. The number of imide groups is 1. The molecular formula is C18H24N4O4. The number of ether oxygens (including phenoxy) is 1. The molecule has 1 unspecified atom stereocenters. The van der Waals surface area contributed by atoms with Crippen molar-refractivity contribution in [1.82, 2.24) is 10.2 Å². The van der Waals surface area contributed by atoms with E-state index >= 15 is 0 Å². The number of morpholine rings is 1. The first-order valence-corrected chi connectivity index (χ1v) is 8.93. The van der Waals surface area contributed by atoms with E-state index in [1.807, 2.05) is 31.2 Å². The van der Waals surface area contributed by atoms with Gasteiger partial charge >= 0.3 is 6.03 Å². The predicted molar refractivity (Wildman–Crippen MR) is 97.0 cm³/mol. The second kappa shape index (κ2) is 8.18. The van der Waals surface area contributed by atoms with Gasteiger partial charge in [0.2, 0.25) is 5.91 Å². The maximum absolute atomic E-state index is 12.2. The summed E-state index contributed by atoms with van der Waals surface area (Å²) in [5.41, 5.74) is 1.70. The smallest absolute Gasteiger partial charge is 0.325 e. The van der Waals surface area contributed by atoms with Gasteiger partial charge in [-0.05, 0) is 30.7 Å². The maximum Gasteiger partial charge on any atom is 0.325 e. The molecule has 2 N–H and O–H groups in total.